The monoisotopic (exact) mass is 308 g/mol. The van der Waals surface area contributed by atoms with Crippen molar-refractivity contribution in [1.82, 2.24) is 9.97 Å². The minimum absolute atomic E-state index is 0.173. The van der Waals surface area contributed by atoms with Crippen LogP contribution in [0, 0.1) is 0 Å². The van der Waals surface area contributed by atoms with Gasteiger partial charge in [-0.05, 0) is 12.1 Å². The van der Waals surface area contributed by atoms with Crippen LogP contribution in [0.1, 0.15) is 5.82 Å². The summed E-state index contributed by atoms with van der Waals surface area (Å²) in [5.74, 6) is -1.53. The molecule has 0 N–H and O–H groups in total. The van der Waals surface area contributed by atoms with Crippen LogP contribution in [0.2, 0.25) is 10.2 Å². The number of alkyl halides is 3. The van der Waals surface area contributed by atoms with Gasteiger partial charge in [0.2, 0.25) is 11.7 Å². The zero-order valence-electron chi connectivity index (χ0n) is 9.08. The lowest BCUT2D eigenvalue weighted by Crippen LogP contribution is -2.11. The van der Waals surface area contributed by atoms with Crippen molar-refractivity contribution in [3.63, 3.8) is 0 Å². The summed E-state index contributed by atoms with van der Waals surface area (Å²) in [5.41, 5.74) is 0. The van der Waals surface area contributed by atoms with Gasteiger partial charge in [-0.3, -0.25) is 0 Å². The van der Waals surface area contributed by atoms with E-state index in [2.05, 4.69) is 9.97 Å². The molecule has 1 aromatic carbocycles. The van der Waals surface area contributed by atoms with Crippen molar-refractivity contribution < 1.29 is 17.9 Å². The maximum atomic E-state index is 12.5. The molecule has 0 unspecified atom stereocenters. The second-order valence-corrected chi connectivity index (χ2v) is 4.18. The lowest BCUT2D eigenvalue weighted by Gasteiger charge is -2.09. The Morgan fingerprint density at radius 1 is 1.05 bits per heavy atom. The van der Waals surface area contributed by atoms with Crippen molar-refractivity contribution in [2.24, 2.45) is 0 Å². The van der Waals surface area contributed by atoms with E-state index in [-0.39, 0.29) is 21.8 Å². The third-order valence-electron chi connectivity index (χ3n) is 1.98. The van der Waals surface area contributed by atoms with Gasteiger partial charge >= 0.3 is 6.18 Å². The van der Waals surface area contributed by atoms with Gasteiger partial charge in [-0.1, -0.05) is 35.3 Å². The fourth-order valence-electron chi connectivity index (χ4n) is 1.22. The summed E-state index contributed by atoms with van der Waals surface area (Å²) in [4.78, 5) is 6.33. The molecule has 0 atom stereocenters. The molecule has 0 radical (unpaired) electrons. The summed E-state index contributed by atoms with van der Waals surface area (Å²) in [6, 6.07) is 7.37. The number of ether oxygens (including phenoxy) is 1. The summed E-state index contributed by atoms with van der Waals surface area (Å²) in [5, 5.41) is -0.129. The average Bonchev–Trinajstić information content (AvgIpc) is 2.30. The molecule has 0 spiro atoms. The van der Waals surface area contributed by atoms with E-state index in [4.69, 9.17) is 27.9 Å². The number of benzene rings is 1. The Bertz CT molecular complexity index is 605. The Kier molecular flexibility index (Phi) is 3.82. The molecule has 2 aromatic rings. The van der Waals surface area contributed by atoms with Crippen molar-refractivity contribution in [2.75, 3.05) is 0 Å². The zero-order valence-corrected chi connectivity index (χ0v) is 10.6. The lowest BCUT2D eigenvalue weighted by atomic mass is 10.3. The predicted octanol–water partition coefficient (Wildman–Crippen LogP) is 4.59. The van der Waals surface area contributed by atoms with Gasteiger partial charge in [0.05, 0.1) is 5.02 Å². The van der Waals surface area contributed by atoms with Crippen molar-refractivity contribution in [3.05, 3.63) is 46.3 Å². The molecule has 0 bridgehead atoms. The Balaban J connectivity index is 2.36. The molecule has 0 amide bonds. The maximum Gasteiger partial charge on any atom is 0.451 e. The van der Waals surface area contributed by atoms with E-state index in [1.165, 1.54) is 12.1 Å². The van der Waals surface area contributed by atoms with Crippen LogP contribution in [0.4, 0.5) is 13.2 Å². The number of hydrogen-bond donors (Lipinski definition) is 0. The molecule has 2 rings (SSSR count). The Morgan fingerprint density at radius 2 is 1.74 bits per heavy atom. The molecule has 8 heteroatoms. The molecule has 19 heavy (non-hydrogen) atoms. The molecule has 1 heterocycles. The van der Waals surface area contributed by atoms with Crippen molar-refractivity contribution in [2.45, 2.75) is 6.18 Å². The Labute approximate surface area is 116 Å². The van der Waals surface area contributed by atoms with Crippen LogP contribution in [0.25, 0.3) is 0 Å². The first-order valence-corrected chi connectivity index (χ1v) is 5.66. The molecule has 0 saturated carbocycles. The molecule has 0 fully saturated rings. The van der Waals surface area contributed by atoms with Crippen LogP contribution >= 0.6 is 23.2 Å². The number of aromatic nitrogens is 2. The summed E-state index contributed by atoms with van der Waals surface area (Å²) >= 11 is 11.3. The number of hydrogen-bond acceptors (Lipinski definition) is 3. The van der Waals surface area contributed by atoms with Gasteiger partial charge in [-0.2, -0.15) is 18.2 Å². The number of para-hydroxylation sites is 1. The third-order valence-corrected chi connectivity index (χ3v) is 2.48. The minimum Gasteiger partial charge on any atom is -0.437 e. The van der Waals surface area contributed by atoms with E-state index in [0.717, 1.165) is 6.07 Å². The summed E-state index contributed by atoms with van der Waals surface area (Å²) in [6.07, 6.45) is -4.70. The zero-order chi connectivity index (χ0) is 14.0. The smallest absolute Gasteiger partial charge is 0.437 e. The van der Waals surface area contributed by atoms with Gasteiger partial charge in [0.15, 0.2) is 0 Å². The van der Waals surface area contributed by atoms with Gasteiger partial charge in [0.1, 0.15) is 10.9 Å². The topological polar surface area (TPSA) is 35.0 Å². The van der Waals surface area contributed by atoms with Gasteiger partial charge in [0.25, 0.3) is 0 Å². The minimum atomic E-state index is -4.70. The molecule has 0 aliphatic rings. The fraction of sp³-hybridized carbons (Fsp3) is 0.0909. The Hall–Kier alpha value is -1.53. The standard InChI is InChI=1S/C11H5Cl2F3N2O/c12-6-3-1-2-4-7(6)19-9-5-8(13)17-10(18-9)11(14,15)16/h1-5H. The van der Waals surface area contributed by atoms with Crippen LogP contribution in [0.15, 0.2) is 30.3 Å². The first kappa shape index (κ1) is 13.9. The number of rotatable bonds is 2. The summed E-state index contributed by atoms with van der Waals surface area (Å²) < 4.78 is 42.7. The van der Waals surface area contributed by atoms with Gasteiger partial charge in [-0.25, -0.2) is 4.98 Å². The fourth-order valence-corrected chi connectivity index (χ4v) is 1.56. The average molecular weight is 309 g/mol. The van der Waals surface area contributed by atoms with Crippen molar-refractivity contribution >= 4 is 23.2 Å². The van der Waals surface area contributed by atoms with E-state index < -0.39 is 12.0 Å². The van der Waals surface area contributed by atoms with Crippen molar-refractivity contribution in [1.29, 1.82) is 0 Å². The van der Waals surface area contributed by atoms with E-state index in [1.54, 1.807) is 12.1 Å². The molecular weight excluding hydrogens is 304 g/mol. The first-order chi connectivity index (χ1) is 8.86. The molecule has 3 nitrogen and oxygen atoms in total. The summed E-state index contributed by atoms with van der Waals surface area (Å²) in [7, 11) is 0. The highest BCUT2D eigenvalue weighted by Crippen LogP contribution is 2.32. The number of halogens is 5. The molecular formula is C11H5Cl2F3N2O. The highest BCUT2D eigenvalue weighted by Gasteiger charge is 2.35. The molecule has 0 saturated heterocycles. The second-order valence-electron chi connectivity index (χ2n) is 3.38. The Morgan fingerprint density at radius 3 is 2.37 bits per heavy atom. The van der Waals surface area contributed by atoms with Gasteiger partial charge in [0, 0.05) is 6.07 Å². The van der Waals surface area contributed by atoms with Crippen LogP contribution in [-0.4, -0.2) is 9.97 Å². The van der Waals surface area contributed by atoms with Gasteiger partial charge in [-0.15, -0.1) is 0 Å². The van der Waals surface area contributed by atoms with Gasteiger partial charge < -0.3 is 4.74 Å². The van der Waals surface area contributed by atoms with E-state index >= 15 is 0 Å². The normalized spacial score (nSPS) is 11.4. The van der Waals surface area contributed by atoms with Crippen LogP contribution in [-0.2, 0) is 6.18 Å². The molecule has 1 aromatic heterocycles. The maximum absolute atomic E-state index is 12.5. The SMILES string of the molecule is FC(F)(F)c1nc(Cl)cc(Oc2ccccc2Cl)n1. The lowest BCUT2D eigenvalue weighted by molar-refractivity contribution is -0.145. The quantitative estimate of drug-likeness (QED) is 0.761. The molecule has 0 aliphatic carbocycles. The highest BCUT2D eigenvalue weighted by atomic mass is 35.5. The highest BCUT2D eigenvalue weighted by molar-refractivity contribution is 6.32. The summed E-state index contributed by atoms with van der Waals surface area (Å²) in [6.45, 7) is 0. The van der Waals surface area contributed by atoms with Crippen LogP contribution in [0.5, 0.6) is 11.6 Å². The van der Waals surface area contributed by atoms with Crippen molar-refractivity contribution in [3.8, 4) is 11.6 Å². The van der Waals surface area contributed by atoms with E-state index in [0.29, 0.717) is 0 Å². The first-order valence-electron chi connectivity index (χ1n) is 4.90. The van der Waals surface area contributed by atoms with E-state index in [1.807, 2.05) is 0 Å². The second kappa shape index (κ2) is 5.22. The third kappa shape index (κ3) is 3.48. The molecule has 100 valence electrons. The number of nitrogens with zero attached hydrogens (tertiary/aromatic N) is 2. The predicted molar refractivity (Wildman–Crippen MR) is 63.6 cm³/mol. The largest absolute Gasteiger partial charge is 0.451 e. The van der Waals surface area contributed by atoms with E-state index in [9.17, 15) is 13.2 Å². The van der Waals surface area contributed by atoms with Crippen LogP contribution < -0.4 is 4.74 Å². The van der Waals surface area contributed by atoms with Crippen LogP contribution in [0.3, 0.4) is 0 Å². The molecule has 0 aliphatic heterocycles.